The third-order valence-electron chi connectivity index (χ3n) is 3.47. The van der Waals surface area contributed by atoms with Crippen molar-refractivity contribution in [2.45, 2.75) is 25.7 Å². The van der Waals surface area contributed by atoms with E-state index in [0.29, 0.717) is 25.7 Å². The van der Waals surface area contributed by atoms with Crippen LogP contribution in [0.25, 0.3) is 0 Å². The van der Waals surface area contributed by atoms with Gasteiger partial charge in [0, 0.05) is 13.2 Å². The van der Waals surface area contributed by atoms with Crippen molar-refractivity contribution in [3.8, 4) is 0 Å². The zero-order chi connectivity index (χ0) is 11.2. The van der Waals surface area contributed by atoms with Crippen molar-refractivity contribution in [1.29, 1.82) is 0 Å². The van der Waals surface area contributed by atoms with Gasteiger partial charge in [0.05, 0.1) is 12.5 Å². The summed E-state index contributed by atoms with van der Waals surface area (Å²) in [6, 6.07) is 0. The number of hydrogen-bond donors (Lipinski definition) is 1. The topological polar surface area (TPSA) is 47.6 Å². The summed E-state index contributed by atoms with van der Waals surface area (Å²) in [4.78, 5) is 11.7. The van der Waals surface area contributed by atoms with Crippen LogP contribution >= 0.6 is 12.4 Å². The van der Waals surface area contributed by atoms with Gasteiger partial charge in [-0.2, -0.15) is 0 Å². The highest BCUT2D eigenvalue weighted by Crippen LogP contribution is 2.18. The van der Waals surface area contributed by atoms with E-state index in [1.165, 1.54) is 0 Å². The van der Waals surface area contributed by atoms with Crippen LogP contribution in [0.15, 0.2) is 0 Å². The maximum atomic E-state index is 11.7. The highest BCUT2D eigenvalue weighted by molar-refractivity contribution is 5.85. The molecule has 0 radical (unpaired) electrons. The summed E-state index contributed by atoms with van der Waals surface area (Å²) >= 11 is 0. The molecule has 17 heavy (non-hydrogen) atoms. The Morgan fingerprint density at radius 1 is 1.18 bits per heavy atom. The van der Waals surface area contributed by atoms with Crippen LogP contribution in [0.1, 0.15) is 25.7 Å². The Kier molecular flexibility index (Phi) is 6.85. The van der Waals surface area contributed by atoms with Gasteiger partial charge in [-0.3, -0.25) is 4.79 Å². The molecule has 5 heteroatoms. The molecule has 2 heterocycles. The number of carbonyl (C=O) groups excluding carboxylic acids is 1. The summed E-state index contributed by atoms with van der Waals surface area (Å²) in [5, 5.41) is 3.31. The summed E-state index contributed by atoms with van der Waals surface area (Å²) < 4.78 is 10.6. The molecule has 0 unspecified atom stereocenters. The number of nitrogens with one attached hydrogen (secondary N) is 1. The van der Waals surface area contributed by atoms with E-state index in [0.717, 1.165) is 38.8 Å². The number of ether oxygens (including phenoxy) is 2. The quantitative estimate of drug-likeness (QED) is 0.782. The lowest BCUT2D eigenvalue weighted by Gasteiger charge is -2.24. The van der Waals surface area contributed by atoms with Gasteiger partial charge in [0.25, 0.3) is 0 Å². The average molecular weight is 264 g/mol. The fourth-order valence-corrected chi connectivity index (χ4v) is 2.30. The summed E-state index contributed by atoms with van der Waals surface area (Å²) in [5.41, 5.74) is 0. The van der Waals surface area contributed by atoms with Gasteiger partial charge in [0.1, 0.15) is 0 Å². The highest BCUT2D eigenvalue weighted by Gasteiger charge is 2.24. The third kappa shape index (κ3) is 4.82. The van der Waals surface area contributed by atoms with Crippen molar-refractivity contribution in [2.24, 2.45) is 11.8 Å². The van der Waals surface area contributed by atoms with Crippen LogP contribution in [0.5, 0.6) is 0 Å². The van der Waals surface area contributed by atoms with E-state index >= 15 is 0 Å². The molecule has 0 spiro atoms. The minimum absolute atomic E-state index is 0. The summed E-state index contributed by atoms with van der Waals surface area (Å²) in [6.45, 7) is 4.12. The standard InChI is InChI=1S/C12H21NO3.ClH/c14-12(11-3-7-15-8-4-11)16-9-10-1-5-13-6-2-10;/h10-11,13H,1-9H2;1H. The molecule has 2 aliphatic rings. The first-order valence-electron chi connectivity index (χ1n) is 6.31. The van der Waals surface area contributed by atoms with E-state index in [9.17, 15) is 4.79 Å². The Hall–Kier alpha value is -0.320. The number of rotatable bonds is 3. The minimum atomic E-state index is -0.0122. The van der Waals surface area contributed by atoms with E-state index < -0.39 is 0 Å². The van der Waals surface area contributed by atoms with Crippen LogP contribution < -0.4 is 5.32 Å². The van der Waals surface area contributed by atoms with E-state index in [2.05, 4.69) is 5.32 Å². The van der Waals surface area contributed by atoms with Crippen molar-refractivity contribution in [3.63, 3.8) is 0 Å². The molecule has 2 aliphatic heterocycles. The number of piperidine rings is 1. The van der Waals surface area contributed by atoms with E-state index in [-0.39, 0.29) is 24.3 Å². The molecule has 0 aliphatic carbocycles. The molecule has 2 saturated heterocycles. The van der Waals surface area contributed by atoms with Crippen LogP contribution in [0.4, 0.5) is 0 Å². The predicted octanol–water partition coefficient (Wildman–Crippen LogP) is 1.38. The van der Waals surface area contributed by atoms with Crippen molar-refractivity contribution in [1.82, 2.24) is 5.32 Å². The van der Waals surface area contributed by atoms with Crippen molar-refractivity contribution in [3.05, 3.63) is 0 Å². The predicted molar refractivity (Wildman–Crippen MR) is 67.3 cm³/mol. The Bertz CT molecular complexity index is 226. The number of hydrogen-bond acceptors (Lipinski definition) is 4. The molecular weight excluding hydrogens is 242 g/mol. The Balaban J connectivity index is 0.00000144. The largest absolute Gasteiger partial charge is 0.465 e. The molecule has 0 aromatic carbocycles. The SMILES string of the molecule is Cl.O=C(OCC1CCNCC1)C1CCOCC1. The molecule has 2 rings (SSSR count). The van der Waals surface area contributed by atoms with Gasteiger partial charge in [-0.25, -0.2) is 0 Å². The summed E-state index contributed by atoms with van der Waals surface area (Å²) in [7, 11) is 0. The maximum absolute atomic E-state index is 11.7. The Labute approximate surface area is 109 Å². The lowest BCUT2D eigenvalue weighted by molar-refractivity contribution is -0.153. The third-order valence-corrected chi connectivity index (χ3v) is 3.47. The molecule has 0 saturated carbocycles. The zero-order valence-corrected chi connectivity index (χ0v) is 11.0. The fraction of sp³-hybridized carbons (Fsp3) is 0.917. The number of carbonyl (C=O) groups is 1. The van der Waals surface area contributed by atoms with Gasteiger partial charge in [-0.15, -0.1) is 12.4 Å². The van der Waals surface area contributed by atoms with Crippen molar-refractivity contribution >= 4 is 18.4 Å². The number of halogens is 1. The highest BCUT2D eigenvalue weighted by atomic mass is 35.5. The summed E-state index contributed by atoms with van der Waals surface area (Å²) in [5.74, 6) is 0.627. The fourth-order valence-electron chi connectivity index (χ4n) is 2.30. The minimum Gasteiger partial charge on any atom is -0.465 e. The van der Waals surface area contributed by atoms with Crippen LogP contribution in [0.3, 0.4) is 0 Å². The molecule has 0 bridgehead atoms. The second-order valence-corrected chi connectivity index (χ2v) is 4.71. The molecule has 0 amide bonds. The van der Waals surface area contributed by atoms with Crippen LogP contribution in [-0.2, 0) is 14.3 Å². The normalized spacial score (nSPS) is 22.8. The summed E-state index contributed by atoms with van der Waals surface area (Å²) in [6.07, 6.45) is 3.90. The first-order valence-corrected chi connectivity index (χ1v) is 6.31. The van der Waals surface area contributed by atoms with Crippen molar-refractivity contribution in [2.75, 3.05) is 32.9 Å². The first-order chi connectivity index (χ1) is 7.86. The molecule has 0 aromatic rings. The first kappa shape index (κ1) is 14.7. The van der Waals surface area contributed by atoms with Crippen LogP contribution in [0, 0.1) is 11.8 Å². The number of esters is 1. The van der Waals surface area contributed by atoms with Crippen LogP contribution in [0.2, 0.25) is 0 Å². The lowest BCUT2D eigenvalue weighted by atomic mass is 9.98. The molecule has 100 valence electrons. The van der Waals surface area contributed by atoms with E-state index in [1.807, 2.05) is 0 Å². The Morgan fingerprint density at radius 2 is 1.82 bits per heavy atom. The molecule has 4 nitrogen and oxygen atoms in total. The van der Waals surface area contributed by atoms with Gasteiger partial charge in [-0.1, -0.05) is 0 Å². The molecule has 0 atom stereocenters. The molecule has 0 aromatic heterocycles. The van der Waals surface area contributed by atoms with Crippen LogP contribution in [-0.4, -0.2) is 38.9 Å². The Morgan fingerprint density at radius 3 is 2.47 bits per heavy atom. The second kappa shape index (κ2) is 7.90. The second-order valence-electron chi connectivity index (χ2n) is 4.71. The molecule has 1 N–H and O–H groups in total. The van der Waals surface area contributed by atoms with E-state index in [1.54, 1.807) is 0 Å². The van der Waals surface area contributed by atoms with Gasteiger partial charge in [-0.05, 0) is 44.7 Å². The zero-order valence-electron chi connectivity index (χ0n) is 10.2. The van der Waals surface area contributed by atoms with Gasteiger partial charge >= 0.3 is 5.97 Å². The molecule has 2 fully saturated rings. The monoisotopic (exact) mass is 263 g/mol. The smallest absolute Gasteiger partial charge is 0.309 e. The van der Waals surface area contributed by atoms with Gasteiger partial charge in [0.15, 0.2) is 0 Å². The van der Waals surface area contributed by atoms with Gasteiger partial charge < -0.3 is 14.8 Å². The van der Waals surface area contributed by atoms with E-state index in [4.69, 9.17) is 9.47 Å². The average Bonchev–Trinajstić information content (AvgIpc) is 2.38. The maximum Gasteiger partial charge on any atom is 0.309 e. The molecular formula is C12H22ClNO3. The van der Waals surface area contributed by atoms with Gasteiger partial charge in [0.2, 0.25) is 0 Å². The lowest BCUT2D eigenvalue weighted by Crippen LogP contribution is -2.32. The van der Waals surface area contributed by atoms with Crippen molar-refractivity contribution < 1.29 is 14.3 Å².